The lowest BCUT2D eigenvalue weighted by molar-refractivity contribution is 0.379. The summed E-state index contributed by atoms with van der Waals surface area (Å²) in [7, 11) is 6.00. The standard InChI is InChI=1S/C15H24N2O/c1-11-9-14(18-4)10-12-5-6-13(16-15(11)12)7-8-17(2)3/h9-10,13,16H,5-8H2,1-4H3. The van der Waals surface area contributed by atoms with E-state index < -0.39 is 0 Å². The highest BCUT2D eigenvalue weighted by atomic mass is 16.5. The van der Waals surface area contributed by atoms with Gasteiger partial charge >= 0.3 is 0 Å². The molecule has 0 saturated heterocycles. The van der Waals surface area contributed by atoms with Crippen LogP contribution in [0.15, 0.2) is 12.1 Å². The fraction of sp³-hybridized carbons (Fsp3) is 0.600. The number of hydrogen-bond acceptors (Lipinski definition) is 3. The summed E-state index contributed by atoms with van der Waals surface area (Å²) in [6.45, 7) is 3.30. The number of nitrogens with one attached hydrogen (secondary N) is 1. The third-order valence-corrected chi connectivity index (χ3v) is 3.66. The van der Waals surface area contributed by atoms with E-state index >= 15 is 0 Å². The average molecular weight is 248 g/mol. The number of hydrogen-bond donors (Lipinski definition) is 1. The second-order valence-corrected chi connectivity index (χ2v) is 5.45. The Labute approximate surface area is 110 Å². The van der Waals surface area contributed by atoms with E-state index in [0.717, 1.165) is 18.7 Å². The van der Waals surface area contributed by atoms with Crippen molar-refractivity contribution in [2.75, 3.05) is 33.1 Å². The zero-order chi connectivity index (χ0) is 13.1. The Hall–Kier alpha value is -1.22. The summed E-state index contributed by atoms with van der Waals surface area (Å²) in [6.07, 6.45) is 3.57. The van der Waals surface area contributed by atoms with Gasteiger partial charge in [-0.15, -0.1) is 0 Å². The summed E-state index contributed by atoms with van der Waals surface area (Å²) in [5, 5.41) is 3.69. The molecule has 1 aromatic carbocycles. The number of fused-ring (bicyclic) bond motifs is 1. The molecule has 0 spiro atoms. The first-order valence-electron chi connectivity index (χ1n) is 6.69. The van der Waals surface area contributed by atoms with Crippen LogP contribution in [-0.4, -0.2) is 38.7 Å². The molecule has 1 aliphatic heterocycles. The summed E-state index contributed by atoms with van der Waals surface area (Å²) in [6, 6.07) is 4.88. The minimum atomic E-state index is 0.604. The summed E-state index contributed by atoms with van der Waals surface area (Å²) < 4.78 is 5.33. The average Bonchev–Trinajstić information content (AvgIpc) is 2.36. The second kappa shape index (κ2) is 5.61. The Morgan fingerprint density at radius 3 is 2.83 bits per heavy atom. The molecule has 1 heterocycles. The molecule has 0 amide bonds. The van der Waals surface area contributed by atoms with Crippen LogP contribution in [0.5, 0.6) is 5.75 Å². The minimum absolute atomic E-state index is 0.604. The lowest BCUT2D eigenvalue weighted by Gasteiger charge is -2.29. The van der Waals surface area contributed by atoms with Crippen molar-refractivity contribution < 1.29 is 4.74 Å². The van der Waals surface area contributed by atoms with Crippen LogP contribution in [0, 0.1) is 6.92 Å². The highest BCUT2D eigenvalue weighted by molar-refractivity contribution is 5.62. The lowest BCUT2D eigenvalue weighted by atomic mass is 9.93. The number of ether oxygens (including phenoxy) is 1. The van der Waals surface area contributed by atoms with Gasteiger partial charge in [0.05, 0.1) is 7.11 Å². The summed E-state index contributed by atoms with van der Waals surface area (Å²) in [4.78, 5) is 2.25. The topological polar surface area (TPSA) is 24.5 Å². The largest absolute Gasteiger partial charge is 0.497 e. The van der Waals surface area contributed by atoms with Crippen molar-refractivity contribution in [2.45, 2.75) is 32.2 Å². The molecule has 3 nitrogen and oxygen atoms in total. The Bertz CT molecular complexity index is 415. The van der Waals surface area contributed by atoms with E-state index in [1.54, 1.807) is 7.11 Å². The predicted octanol–water partition coefficient (Wildman–Crippen LogP) is 2.68. The molecular formula is C15H24N2O. The Morgan fingerprint density at radius 2 is 2.17 bits per heavy atom. The van der Waals surface area contributed by atoms with E-state index in [9.17, 15) is 0 Å². The zero-order valence-corrected chi connectivity index (χ0v) is 11.9. The predicted molar refractivity (Wildman–Crippen MR) is 76.6 cm³/mol. The SMILES string of the molecule is COc1cc(C)c2c(c1)CCC(CCN(C)C)N2. The van der Waals surface area contributed by atoms with Crippen molar-refractivity contribution in [3.63, 3.8) is 0 Å². The highest BCUT2D eigenvalue weighted by Crippen LogP contribution is 2.32. The number of rotatable bonds is 4. The van der Waals surface area contributed by atoms with Gasteiger partial charge < -0.3 is 15.0 Å². The minimum Gasteiger partial charge on any atom is -0.497 e. The van der Waals surface area contributed by atoms with Crippen molar-refractivity contribution >= 4 is 5.69 Å². The quantitative estimate of drug-likeness (QED) is 0.886. The van der Waals surface area contributed by atoms with Crippen molar-refractivity contribution in [2.24, 2.45) is 0 Å². The van der Waals surface area contributed by atoms with E-state index in [2.05, 4.69) is 43.4 Å². The van der Waals surface area contributed by atoms with Crippen LogP contribution in [0.2, 0.25) is 0 Å². The van der Waals surface area contributed by atoms with Gasteiger partial charge in [-0.3, -0.25) is 0 Å². The van der Waals surface area contributed by atoms with Gasteiger partial charge in [-0.2, -0.15) is 0 Å². The van der Waals surface area contributed by atoms with Crippen molar-refractivity contribution in [3.05, 3.63) is 23.3 Å². The van der Waals surface area contributed by atoms with E-state index in [4.69, 9.17) is 4.74 Å². The molecule has 1 atom stereocenters. The van der Waals surface area contributed by atoms with Crippen LogP contribution in [-0.2, 0) is 6.42 Å². The van der Waals surface area contributed by atoms with Crippen molar-refractivity contribution in [1.29, 1.82) is 0 Å². The molecule has 1 unspecified atom stereocenters. The summed E-state index contributed by atoms with van der Waals surface area (Å²) >= 11 is 0. The molecule has 0 aromatic heterocycles. The maximum Gasteiger partial charge on any atom is 0.119 e. The fourth-order valence-electron chi connectivity index (χ4n) is 2.58. The smallest absolute Gasteiger partial charge is 0.119 e. The first-order chi connectivity index (χ1) is 8.60. The molecule has 0 aliphatic carbocycles. The molecule has 0 fully saturated rings. The van der Waals surface area contributed by atoms with E-state index in [0.29, 0.717) is 6.04 Å². The Balaban J connectivity index is 2.09. The Morgan fingerprint density at radius 1 is 1.39 bits per heavy atom. The molecule has 0 bridgehead atoms. The van der Waals surface area contributed by atoms with Crippen molar-refractivity contribution in [1.82, 2.24) is 4.90 Å². The molecule has 18 heavy (non-hydrogen) atoms. The molecular weight excluding hydrogens is 224 g/mol. The fourth-order valence-corrected chi connectivity index (χ4v) is 2.58. The van der Waals surface area contributed by atoms with Gasteiger partial charge in [0.2, 0.25) is 0 Å². The second-order valence-electron chi connectivity index (χ2n) is 5.45. The van der Waals surface area contributed by atoms with Gasteiger partial charge in [0.15, 0.2) is 0 Å². The number of anilines is 1. The van der Waals surface area contributed by atoms with Gasteiger partial charge in [0.1, 0.15) is 5.75 Å². The molecule has 3 heteroatoms. The summed E-state index contributed by atoms with van der Waals surface area (Å²) in [5.41, 5.74) is 4.01. The first kappa shape index (κ1) is 13.2. The number of benzene rings is 1. The molecule has 1 N–H and O–H groups in total. The molecule has 0 saturated carbocycles. The van der Waals surface area contributed by atoms with Crippen LogP contribution in [0.25, 0.3) is 0 Å². The molecule has 2 rings (SSSR count). The first-order valence-corrected chi connectivity index (χ1v) is 6.69. The lowest BCUT2D eigenvalue weighted by Crippen LogP contribution is -2.29. The monoisotopic (exact) mass is 248 g/mol. The van der Waals surface area contributed by atoms with E-state index in [-0.39, 0.29) is 0 Å². The van der Waals surface area contributed by atoms with Gasteiger partial charge in [0, 0.05) is 11.7 Å². The van der Waals surface area contributed by atoms with Crippen LogP contribution in [0.3, 0.4) is 0 Å². The van der Waals surface area contributed by atoms with E-state index in [1.807, 2.05) is 0 Å². The van der Waals surface area contributed by atoms with Gasteiger partial charge in [0.25, 0.3) is 0 Å². The maximum absolute atomic E-state index is 5.33. The highest BCUT2D eigenvalue weighted by Gasteiger charge is 2.19. The third-order valence-electron chi connectivity index (χ3n) is 3.66. The molecule has 1 aliphatic rings. The molecule has 0 radical (unpaired) electrons. The van der Waals surface area contributed by atoms with Gasteiger partial charge in [-0.1, -0.05) is 0 Å². The van der Waals surface area contributed by atoms with Crippen LogP contribution < -0.4 is 10.1 Å². The van der Waals surface area contributed by atoms with Gasteiger partial charge in [-0.25, -0.2) is 0 Å². The van der Waals surface area contributed by atoms with Gasteiger partial charge in [-0.05, 0) is 70.1 Å². The van der Waals surface area contributed by atoms with Crippen LogP contribution >= 0.6 is 0 Å². The zero-order valence-electron chi connectivity index (χ0n) is 11.9. The third kappa shape index (κ3) is 2.96. The van der Waals surface area contributed by atoms with Crippen LogP contribution in [0.1, 0.15) is 24.0 Å². The van der Waals surface area contributed by atoms with E-state index in [1.165, 1.54) is 29.7 Å². The number of aryl methyl sites for hydroxylation is 2. The normalized spacial score (nSPS) is 18.4. The Kier molecular flexibility index (Phi) is 4.12. The molecule has 100 valence electrons. The van der Waals surface area contributed by atoms with Crippen LogP contribution in [0.4, 0.5) is 5.69 Å². The summed E-state index contributed by atoms with van der Waals surface area (Å²) in [5.74, 6) is 0.972. The maximum atomic E-state index is 5.33. The number of nitrogens with zero attached hydrogens (tertiary/aromatic N) is 1. The number of methoxy groups -OCH3 is 1. The van der Waals surface area contributed by atoms with Crippen molar-refractivity contribution in [3.8, 4) is 5.75 Å². The molecule has 1 aromatic rings.